The quantitative estimate of drug-likeness (QED) is 0.833. The Kier molecular flexibility index (Phi) is 2.65. The van der Waals surface area contributed by atoms with Crippen LogP contribution in [0, 0.1) is 0 Å². The molecule has 0 aliphatic carbocycles. The first-order valence-electron chi connectivity index (χ1n) is 5.68. The van der Waals surface area contributed by atoms with Crippen molar-refractivity contribution in [2.45, 2.75) is 12.2 Å². The Morgan fingerprint density at radius 3 is 2.63 bits per heavy atom. The minimum Gasteiger partial charge on any atom is -0.352 e. The van der Waals surface area contributed by atoms with Gasteiger partial charge in [-0.25, -0.2) is 9.67 Å². The maximum atomic E-state index is 12.8. The highest BCUT2D eigenvalue weighted by Crippen LogP contribution is 2.37. The van der Waals surface area contributed by atoms with E-state index in [0.717, 1.165) is 6.07 Å². The molecule has 0 N–H and O–H groups in total. The molecule has 2 aromatic heterocycles. The van der Waals surface area contributed by atoms with Crippen molar-refractivity contribution in [1.29, 1.82) is 0 Å². The van der Waals surface area contributed by atoms with Gasteiger partial charge in [0, 0.05) is 25.5 Å². The maximum absolute atomic E-state index is 12.8. The average Bonchev–Trinajstić information content (AvgIpc) is 2.80. The van der Waals surface area contributed by atoms with Crippen LogP contribution in [0.15, 0.2) is 30.7 Å². The molecule has 1 aliphatic rings. The molecule has 100 valence electrons. The fraction of sp³-hybridized carbons (Fsp3) is 0.364. The fourth-order valence-corrected chi connectivity index (χ4v) is 2.08. The number of alkyl halides is 3. The van der Waals surface area contributed by atoms with E-state index in [0.29, 0.717) is 13.1 Å². The summed E-state index contributed by atoms with van der Waals surface area (Å²) in [5, 5.41) is 7.51. The molecule has 0 aromatic carbocycles. The van der Waals surface area contributed by atoms with Gasteiger partial charge in [0.1, 0.15) is 5.82 Å². The fourth-order valence-electron chi connectivity index (χ4n) is 2.08. The summed E-state index contributed by atoms with van der Waals surface area (Å²) in [6.45, 7) is 0.896. The molecule has 0 spiro atoms. The van der Waals surface area contributed by atoms with Gasteiger partial charge in [0.05, 0.1) is 17.8 Å². The first-order chi connectivity index (χ1) is 9.05. The Morgan fingerprint density at radius 1 is 1.21 bits per heavy atom. The van der Waals surface area contributed by atoms with E-state index >= 15 is 0 Å². The number of hydrogen-bond acceptors (Lipinski definition) is 4. The second kappa shape index (κ2) is 4.22. The summed E-state index contributed by atoms with van der Waals surface area (Å²) in [5.74, 6) is -0.0219. The molecule has 0 bridgehead atoms. The molecule has 0 amide bonds. The van der Waals surface area contributed by atoms with Crippen molar-refractivity contribution in [3.8, 4) is 0 Å². The molecule has 3 heterocycles. The standard InChI is InChI=1S/C11H10F3N5/c12-11(13,14)9-2-1-3-15-10(9)18-6-8(7-18)19-5-4-16-17-19/h1-5,8H,6-7H2. The second-order valence-corrected chi connectivity index (χ2v) is 4.31. The van der Waals surface area contributed by atoms with Gasteiger partial charge in [-0.2, -0.15) is 13.2 Å². The van der Waals surface area contributed by atoms with Crippen molar-refractivity contribution in [3.05, 3.63) is 36.3 Å². The van der Waals surface area contributed by atoms with Crippen LogP contribution in [0.5, 0.6) is 0 Å². The summed E-state index contributed by atoms with van der Waals surface area (Å²) in [6.07, 6.45) is 0.227. The van der Waals surface area contributed by atoms with E-state index in [2.05, 4.69) is 15.3 Å². The van der Waals surface area contributed by atoms with Crippen LogP contribution in [0.3, 0.4) is 0 Å². The lowest BCUT2D eigenvalue weighted by molar-refractivity contribution is -0.137. The highest BCUT2D eigenvalue weighted by molar-refractivity contribution is 5.50. The third-order valence-corrected chi connectivity index (χ3v) is 3.07. The van der Waals surface area contributed by atoms with Crippen molar-refractivity contribution in [2.75, 3.05) is 18.0 Å². The lowest BCUT2D eigenvalue weighted by atomic mass is 10.1. The van der Waals surface area contributed by atoms with Gasteiger partial charge in [0.2, 0.25) is 0 Å². The number of rotatable bonds is 2. The van der Waals surface area contributed by atoms with Crippen LogP contribution in [0.4, 0.5) is 19.0 Å². The van der Waals surface area contributed by atoms with Crippen LogP contribution in [-0.2, 0) is 6.18 Å². The molecule has 0 radical (unpaired) electrons. The highest BCUT2D eigenvalue weighted by atomic mass is 19.4. The Balaban J connectivity index is 1.79. The summed E-state index contributed by atoms with van der Waals surface area (Å²) in [5.41, 5.74) is -0.702. The molecule has 0 unspecified atom stereocenters. The third-order valence-electron chi connectivity index (χ3n) is 3.07. The second-order valence-electron chi connectivity index (χ2n) is 4.31. The number of hydrogen-bond donors (Lipinski definition) is 0. The van der Waals surface area contributed by atoms with Crippen molar-refractivity contribution >= 4 is 5.82 Å². The van der Waals surface area contributed by atoms with Crippen molar-refractivity contribution < 1.29 is 13.2 Å². The van der Waals surface area contributed by atoms with Crippen LogP contribution in [0.25, 0.3) is 0 Å². The lowest BCUT2D eigenvalue weighted by Crippen LogP contribution is -2.49. The minimum atomic E-state index is -4.39. The van der Waals surface area contributed by atoms with Crippen LogP contribution >= 0.6 is 0 Å². The van der Waals surface area contributed by atoms with Gasteiger partial charge in [-0.1, -0.05) is 5.21 Å². The molecule has 0 saturated carbocycles. The van der Waals surface area contributed by atoms with Crippen molar-refractivity contribution in [3.63, 3.8) is 0 Å². The molecular formula is C11H10F3N5. The number of aromatic nitrogens is 4. The lowest BCUT2D eigenvalue weighted by Gasteiger charge is -2.40. The van der Waals surface area contributed by atoms with Gasteiger partial charge in [-0.3, -0.25) is 0 Å². The molecule has 3 rings (SSSR count). The monoisotopic (exact) mass is 269 g/mol. The summed E-state index contributed by atoms with van der Waals surface area (Å²) >= 11 is 0. The minimum absolute atomic E-state index is 0.0219. The van der Waals surface area contributed by atoms with Crippen molar-refractivity contribution in [2.24, 2.45) is 0 Å². The normalized spacial score (nSPS) is 16.5. The predicted octanol–water partition coefficient (Wildman–Crippen LogP) is 1.75. The Bertz CT molecular complexity index is 560. The molecule has 8 heteroatoms. The zero-order chi connectivity index (χ0) is 13.5. The molecule has 1 saturated heterocycles. The van der Waals surface area contributed by atoms with E-state index in [1.165, 1.54) is 12.3 Å². The van der Waals surface area contributed by atoms with Crippen LogP contribution in [0.2, 0.25) is 0 Å². The molecule has 2 aromatic rings. The smallest absolute Gasteiger partial charge is 0.352 e. The van der Waals surface area contributed by atoms with Crippen LogP contribution in [0.1, 0.15) is 11.6 Å². The van der Waals surface area contributed by atoms with Gasteiger partial charge in [0.15, 0.2) is 0 Å². The Morgan fingerprint density at radius 2 is 2.00 bits per heavy atom. The zero-order valence-electron chi connectivity index (χ0n) is 9.75. The zero-order valence-corrected chi connectivity index (χ0v) is 9.75. The van der Waals surface area contributed by atoms with Crippen LogP contribution < -0.4 is 4.90 Å². The molecule has 1 aliphatic heterocycles. The summed E-state index contributed by atoms with van der Waals surface area (Å²) in [7, 11) is 0. The number of pyridine rings is 1. The highest BCUT2D eigenvalue weighted by Gasteiger charge is 2.39. The average molecular weight is 269 g/mol. The summed E-state index contributed by atoms with van der Waals surface area (Å²) in [4.78, 5) is 5.44. The summed E-state index contributed by atoms with van der Waals surface area (Å²) in [6, 6.07) is 2.39. The van der Waals surface area contributed by atoms with E-state index in [1.54, 1.807) is 22.0 Å². The van der Waals surface area contributed by atoms with Crippen molar-refractivity contribution in [1.82, 2.24) is 20.0 Å². The molecule has 1 fully saturated rings. The van der Waals surface area contributed by atoms with E-state index in [-0.39, 0.29) is 11.9 Å². The molecule has 0 atom stereocenters. The maximum Gasteiger partial charge on any atom is 0.419 e. The summed E-state index contributed by atoms with van der Waals surface area (Å²) < 4.78 is 40.2. The SMILES string of the molecule is FC(F)(F)c1cccnc1N1CC(n2ccnn2)C1. The number of anilines is 1. The third kappa shape index (κ3) is 2.13. The Hall–Kier alpha value is -2.12. The number of halogens is 3. The van der Waals surface area contributed by atoms with E-state index in [9.17, 15) is 13.2 Å². The van der Waals surface area contributed by atoms with E-state index in [4.69, 9.17) is 0 Å². The van der Waals surface area contributed by atoms with Gasteiger partial charge in [-0.15, -0.1) is 5.10 Å². The van der Waals surface area contributed by atoms with Crippen LogP contribution in [-0.4, -0.2) is 33.1 Å². The molecule has 5 nitrogen and oxygen atoms in total. The van der Waals surface area contributed by atoms with Gasteiger partial charge in [0.25, 0.3) is 0 Å². The van der Waals surface area contributed by atoms with E-state index < -0.39 is 11.7 Å². The Labute approximate surface area is 106 Å². The van der Waals surface area contributed by atoms with Gasteiger partial charge >= 0.3 is 6.18 Å². The topological polar surface area (TPSA) is 46.8 Å². The largest absolute Gasteiger partial charge is 0.419 e. The first-order valence-corrected chi connectivity index (χ1v) is 5.68. The first kappa shape index (κ1) is 11.9. The molecular weight excluding hydrogens is 259 g/mol. The molecule has 19 heavy (non-hydrogen) atoms. The van der Waals surface area contributed by atoms with Gasteiger partial charge in [-0.05, 0) is 12.1 Å². The van der Waals surface area contributed by atoms with Gasteiger partial charge < -0.3 is 4.90 Å². The predicted molar refractivity (Wildman–Crippen MR) is 60.5 cm³/mol. The van der Waals surface area contributed by atoms with E-state index in [1.807, 2.05) is 0 Å². The number of nitrogens with zero attached hydrogens (tertiary/aromatic N) is 5.